The maximum atomic E-state index is 13.8. The molecule has 2 amide bonds. The fraction of sp³-hybridized carbons (Fsp3) is 0.333. The van der Waals surface area contributed by atoms with Crippen LogP contribution in [-0.2, 0) is 21.5 Å². The van der Waals surface area contributed by atoms with Gasteiger partial charge in [-0.25, -0.2) is 0 Å². The molecule has 2 fully saturated rings. The van der Waals surface area contributed by atoms with Crippen LogP contribution in [0.4, 0.5) is 0 Å². The maximum absolute atomic E-state index is 13.8. The Morgan fingerprint density at radius 2 is 1.78 bits per heavy atom. The molecular weight excluding hydrogens is 398 g/mol. The van der Waals surface area contributed by atoms with E-state index in [4.69, 9.17) is 0 Å². The number of β-lactam (4-membered cyclic amide) rings is 1. The van der Waals surface area contributed by atoms with Crippen LogP contribution in [0, 0.1) is 0 Å². The molecule has 2 aromatic carbocycles. The number of amides is 2. The Morgan fingerprint density at radius 1 is 1.06 bits per heavy atom. The van der Waals surface area contributed by atoms with Crippen molar-refractivity contribution in [3.05, 3.63) is 84.1 Å². The maximum Gasteiger partial charge on any atom is 0.255 e. The van der Waals surface area contributed by atoms with E-state index in [0.717, 1.165) is 47.7 Å². The number of likely N-dealkylation sites (tertiary alicyclic amines) is 1. The smallest absolute Gasteiger partial charge is 0.255 e. The molecule has 1 saturated carbocycles. The third-order valence-electron chi connectivity index (χ3n) is 7.09. The van der Waals surface area contributed by atoms with Crippen LogP contribution in [0.5, 0.6) is 0 Å². The van der Waals surface area contributed by atoms with Gasteiger partial charge in [0.25, 0.3) is 11.8 Å². The highest BCUT2D eigenvalue weighted by Crippen LogP contribution is 2.46. The van der Waals surface area contributed by atoms with E-state index in [1.807, 2.05) is 54.7 Å². The summed E-state index contributed by atoms with van der Waals surface area (Å²) < 4.78 is 0. The van der Waals surface area contributed by atoms with Crippen molar-refractivity contribution >= 4 is 22.7 Å². The Labute approximate surface area is 188 Å². The third kappa shape index (κ3) is 3.24. The minimum Gasteiger partial charge on any atom is -0.361 e. The van der Waals surface area contributed by atoms with Crippen molar-refractivity contribution in [2.45, 2.75) is 50.1 Å². The highest BCUT2D eigenvalue weighted by Gasteiger charge is 2.61. The van der Waals surface area contributed by atoms with E-state index in [1.54, 1.807) is 4.90 Å². The van der Waals surface area contributed by atoms with Crippen LogP contribution in [0.25, 0.3) is 10.9 Å². The minimum absolute atomic E-state index is 0.126. The summed E-state index contributed by atoms with van der Waals surface area (Å²) in [5, 5.41) is 4.41. The predicted octanol–water partition coefficient (Wildman–Crippen LogP) is 4.45. The van der Waals surface area contributed by atoms with Crippen LogP contribution >= 0.6 is 0 Å². The van der Waals surface area contributed by atoms with E-state index in [1.165, 1.54) is 6.42 Å². The summed E-state index contributed by atoms with van der Waals surface area (Å²) in [6, 6.07) is 17.9. The average molecular weight is 428 g/mol. The topological polar surface area (TPSA) is 65.2 Å². The second kappa shape index (κ2) is 8.30. The summed E-state index contributed by atoms with van der Waals surface area (Å²) in [5.41, 5.74) is 2.24. The summed E-state index contributed by atoms with van der Waals surface area (Å²) in [6.45, 7) is 4.52. The number of benzene rings is 2. The van der Waals surface area contributed by atoms with E-state index < -0.39 is 5.54 Å². The largest absolute Gasteiger partial charge is 0.361 e. The normalized spacial score (nSPS) is 21.6. The highest BCUT2D eigenvalue weighted by atomic mass is 16.2. The molecule has 1 saturated heterocycles. The second-order valence-corrected chi connectivity index (χ2v) is 8.93. The lowest BCUT2D eigenvalue weighted by atomic mass is 9.72. The van der Waals surface area contributed by atoms with Crippen molar-refractivity contribution in [2.75, 3.05) is 6.54 Å². The summed E-state index contributed by atoms with van der Waals surface area (Å²) in [7, 11) is 0. The van der Waals surface area contributed by atoms with Gasteiger partial charge in [0.2, 0.25) is 0 Å². The molecule has 3 aromatic rings. The van der Waals surface area contributed by atoms with Crippen molar-refractivity contribution in [3.8, 4) is 0 Å². The Bertz CT molecular complexity index is 1160. The third-order valence-corrected chi connectivity index (χ3v) is 7.09. The number of rotatable bonds is 6. The second-order valence-electron chi connectivity index (χ2n) is 8.93. The van der Waals surface area contributed by atoms with E-state index in [9.17, 15) is 9.59 Å². The number of hydrogen-bond acceptors (Lipinski definition) is 2. The zero-order chi connectivity index (χ0) is 22.1. The van der Waals surface area contributed by atoms with Crippen LogP contribution in [0.2, 0.25) is 0 Å². The Kier molecular flexibility index (Phi) is 5.33. The zero-order valence-corrected chi connectivity index (χ0v) is 18.3. The van der Waals surface area contributed by atoms with Crippen LogP contribution in [0.1, 0.15) is 43.2 Å². The minimum atomic E-state index is -1.14. The molecular formula is C27H29N3O2. The van der Waals surface area contributed by atoms with Gasteiger partial charge in [0, 0.05) is 35.3 Å². The molecule has 5 rings (SSSR count). The van der Waals surface area contributed by atoms with Gasteiger partial charge in [0.05, 0.1) is 0 Å². The number of para-hydroxylation sites is 1. The molecule has 1 aliphatic heterocycles. The number of aromatic nitrogens is 1. The van der Waals surface area contributed by atoms with Gasteiger partial charge in [-0.3, -0.25) is 9.59 Å². The average Bonchev–Trinajstić information content (AvgIpc) is 3.25. The molecule has 0 radical (unpaired) electrons. The monoisotopic (exact) mass is 427 g/mol. The first-order valence-electron chi connectivity index (χ1n) is 11.5. The SMILES string of the molecule is C=C1C(=O)N(CCc2c[nH]c3ccccc23)C1(C(=O)NC1CCCCC1)c1ccccc1. The first kappa shape index (κ1) is 20.6. The number of fused-ring (bicyclic) bond motifs is 1. The lowest BCUT2D eigenvalue weighted by molar-refractivity contribution is -0.156. The van der Waals surface area contributed by atoms with Gasteiger partial charge in [0.1, 0.15) is 0 Å². The number of carbonyl (C=O) groups is 2. The van der Waals surface area contributed by atoms with Gasteiger partial charge in [-0.15, -0.1) is 0 Å². The molecule has 0 bridgehead atoms. The number of aromatic amines is 1. The summed E-state index contributed by atoms with van der Waals surface area (Å²) >= 11 is 0. The Morgan fingerprint density at radius 3 is 2.56 bits per heavy atom. The molecule has 32 heavy (non-hydrogen) atoms. The molecule has 2 N–H and O–H groups in total. The summed E-state index contributed by atoms with van der Waals surface area (Å²) in [5.74, 6) is -0.272. The van der Waals surface area contributed by atoms with Gasteiger partial charge >= 0.3 is 0 Å². The van der Waals surface area contributed by atoms with Crippen LogP contribution in [0.3, 0.4) is 0 Å². The van der Waals surface area contributed by atoms with Crippen LogP contribution in [0.15, 0.2) is 72.9 Å². The van der Waals surface area contributed by atoms with E-state index in [-0.39, 0.29) is 17.9 Å². The van der Waals surface area contributed by atoms with Crippen molar-refractivity contribution in [2.24, 2.45) is 0 Å². The Hall–Kier alpha value is -3.34. The van der Waals surface area contributed by atoms with Crippen molar-refractivity contribution in [1.29, 1.82) is 0 Å². The van der Waals surface area contributed by atoms with Gasteiger partial charge < -0.3 is 15.2 Å². The van der Waals surface area contributed by atoms with E-state index >= 15 is 0 Å². The molecule has 164 valence electrons. The fourth-order valence-electron chi connectivity index (χ4n) is 5.36. The Balaban J connectivity index is 1.46. The zero-order valence-electron chi connectivity index (χ0n) is 18.3. The number of carbonyl (C=O) groups excluding carboxylic acids is 2. The molecule has 1 atom stereocenters. The first-order valence-corrected chi connectivity index (χ1v) is 11.5. The molecule has 0 spiro atoms. The predicted molar refractivity (Wildman–Crippen MR) is 126 cm³/mol. The van der Waals surface area contributed by atoms with Gasteiger partial charge in [-0.2, -0.15) is 0 Å². The molecule has 2 aliphatic rings. The summed E-state index contributed by atoms with van der Waals surface area (Å²) in [6.07, 6.45) is 8.13. The van der Waals surface area contributed by atoms with E-state index in [2.05, 4.69) is 22.9 Å². The standard InChI is InChI=1S/C27H29N3O2/c1-19-25(31)30(17-16-20-18-28-24-15-9-8-14-23(20)24)27(19,21-10-4-2-5-11-21)26(32)29-22-12-6-3-7-13-22/h2,4-5,8-11,14-15,18,22,28H,1,3,6-7,12-13,16-17H2,(H,29,32). The lowest BCUT2D eigenvalue weighted by Gasteiger charge is -2.52. The molecule has 1 unspecified atom stereocenters. The quantitative estimate of drug-likeness (QED) is 0.451. The van der Waals surface area contributed by atoms with E-state index in [0.29, 0.717) is 18.5 Å². The first-order chi connectivity index (χ1) is 15.6. The van der Waals surface area contributed by atoms with Crippen molar-refractivity contribution in [3.63, 3.8) is 0 Å². The molecule has 1 aromatic heterocycles. The van der Waals surface area contributed by atoms with Crippen LogP contribution < -0.4 is 5.32 Å². The van der Waals surface area contributed by atoms with Crippen LogP contribution in [-0.4, -0.2) is 34.3 Å². The number of nitrogens with zero attached hydrogens (tertiary/aromatic N) is 1. The summed E-state index contributed by atoms with van der Waals surface area (Å²) in [4.78, 5) is 31.8. The molecule has 1 aliphatic carbocycles. The van der Waals surface area contributed by atoms with Gasteiger partial charge in [0.15, 0.2) is 5.54 Å². The van der Waals surface area contributed by atoms with Gasteiger partial charge in [-0.05, 0) is 36.5 Å². The van der Waals surface area contributed by atoms with Gasteiger partial charge in [-0.1, -0.05) is 74.4 Å². The highest BCUT2D eigenvalue weighted by molar-refractivity contribution is 6.14. The molecule has 5 heteroatoms. The number of hydrogen-bond donors (Lipinski definition) is 2. The molecule has 2 heterocycles. The van der Waals surface area contributed by atoms with Crippen molar-refractivity contribution in [1.82, 2.24) is 15.2 Å². The number of nitrogens with one attached hydrogen (secondary N) is 2. The fourth-order valence-corrected chi connectivity index (χ4v) is 5.36. The van der Waals surface area contributed by atoms with Crippen molar-refractivity contribution < 1.29 is 9.59 Å². The lowest BCUT2D eigenvalue weighted by Crippen LogP contribution is -2.70. The molecule has 5 nitrogen and oxygen atoms in total. The number of H-pyrrole nitrogens is 1.